The van der Waals surface area contributed by atoms with Gasteiger partial charge in [0.1, 0.15) is 5.75 Å². The highest BCUT2D eigenvalue weighted by atomic mass is 16.5. The molecule has 1 heterocycles. The van der Waals surface area contributed by atoms with E-state index in [4.69, 9.17) is 4.74 Å². The number of rotatable bonds is 12. The summed E-state index contributed by atoms with van der Waals surface area (Å²) >= 11 is 0. The highest BCUT2D eigenvalue weighted by Gasteiger charge is 2.08. The summed E-state index contributed by atoms with van der Waals surface area (Å²) < 4.78 is 8.27. The third-order valence-corrected chi connectivity index (χ3v) is 4.88. The summed E-state index contributed by atoms with van der Waals surface area (Å²) in [6, 6.07) is 12.9. The molecular formula is C23H31N3O. The number of nitrogens with zero attached hydrogens (tertiary/aromatic N) is 2. The molecule has 4 heteroatoms. The van der Waals surface area contributed by atoms with E-state index in [2.05, 4.69) is 58.2 Å². The first-order chi connectivity index (χ1) is 13.4. The predicted molar refractivity (Wildman–Crippen MR) is 112 cm³/mol. The van der Waals surface area contributed by atoms with E-state index in [0.29, 0.717) is 0 Å². The van der Waals surface area contributed by atoms with Crippen molar-refractivity contribution in [2.24, 2.45) is 0 Å². The number of aryl methyl sites for hydroxylation is 1. The lowest BCUT2D eigenvalue weighted by Crippen LogP contribution is -2.17. The summed E-state index contributed by atoms with van der Waals surface area (Å²) in [5.74, 6) is 1.02. The summed E-state index contributed by atoms with van der Waals surface area (Å²) in [5.41, 5.74) is 1.27. The molecule has 2 aromatic carbocycles. The monoisotopic (exact) mass is 365 g/mol. The van der Waals surface area contributed by atoms with E-state index in [1.165, 1.54) is 35.6 Å². The van der Waals surface area contributed by atoms with Crippen molar-refractivity contribution in [3.05, 3.63) is 60.7 Å². The summed E-state index contributed by atoms with van der Waals surface area (Å²) in [7, 11) is 0. The van der Waals surface area contributed by atoms with Gasteiger partial charge in [0.15, 0.2) is 0 Å². The van der Waals surface area contributed by atoms with E-state index in [9.17, 15) is 0 Å². The van der Waals surface area contributed by atoms with E-state index >= 15 is 0 Å². The van der Waals surface area contributed by atoms with Crippen LogP contribution < -0.4 is 10.1 Å². The second kappa shape index (κ2) is 10.7. The first-order valence-corrected chi connectivity index (χ1v) is 10.2. The van der Waals surface area contributed by atoms with Crippen LogP contribution in [0.4, 0.5) is 0 Å². The van der Waals surface area contributed by atoms with Gasteiger partial charge in [0.2, 0.25) is 0 Å². The van der Waals surface area contributed by atoms with Gasteiger partial charge >= 0.3 is 0 Å². The fourth-order valence-electron chi connectivity index (χ4n) is 3.36. The fraction of sp³-hybridized carbons (Fsp3) is 0.435. The molecule has 0 aliphatic heterocycles. The van der Waals surface area contributed by atoms with Gasteiger partial charge in [-0.15, -0.1) is 0 Å². The third-order valence-electron chi connectivity index (χ3n) is 4.88. The standard InChI is InChI=1S/C23H31N3O/c1-2-3-4-7-17-27-23-12-11-20-9-5-6-10-21(20)22(23)18-24-13-8-15-26-16-14-25-19-26/h5-6,9-12,14,16,19,24H,2-4,7-8,13,15,17-18H2,1H3. The summed E-state index contributed by atoms with van der Waals surface area (Å²) in [6.45, 7) is 5.82. The molecule has 0 unspecified atom stereocenters. The van der Waals surface area contributed by atoms with Gasteiger partial charge in [-0.2, -0.15) is 0 Å². The zero-order chi connectivity index (χ0) is 18.7. The number of imidazole rings is 1. The van der Waals surface area contributed by atoms with Crippen molar-refractivity contribution in [3.63, 3.8) is 0 Å². The van der Waals surface area contributed by atoms with Gasteiger partial charge in [0.05, 0.1) is 12.9 Å². The van der Waals surface area contributed by atoms with Gasteiger partial charge < -0.3 is 14.6 Å². The number of hydrogen-bond donors (Lipinski definition) is 1. The molecule has 3 aromatic rings. The van der Waals surface area contributed by atoms with Crippen LogP contribution in [0.5, 0.6) is 5.75 Å². The Balaban J connectivity index is 1.58. The Bertz CT molecular complexity index is 798. The van der Waals surface area contributed by atoms with Crippen molar-refractivity contribution in [2.75, 3.05) is 13.2 Å². The quantitative estimate of drug-likeness (QED) is 0.450. The average molecular weight is 366 g/mol. The summed E-state index contributed by atoms with van der Waals surface area (Å²) in [5, 5.41) is 6.15. The second-order valence-electron chi connectivity index (χ2n) is 7.00. The SMILES string of the molecule is CCCCCCOc1ccc2ccccc2c1CNCCCn1ccnc1. The molecule has 1 aromatic heterocycles. The molecule has 0 saturated heterocycles. The van der Waals surface area contributed by atoms with Crippen LogP contribution >= 0.6 is 0 Å². The number of nitrogens with one attached hydrogen (secondary N) is 1. The molecule has 3 rings (SSSR count). The van der Waals surface area contributed by atoms with Crippen molar-refractivity contribution >= 4 is 10.8 Å². The van der Waals surface area contributed by atoms with Crippen molar-refractivity contribution in [1.82, 2.24) is 14.9 Å². The van der Waals surface area contributed by atoms with Gasteiger partial charge in [-0.05, 0) is 36.2 Å². The highest BCUT2D eigenvalue weighted by molar-refractivity contribution is 5.87. The maximum Gasteiger partial charge on any atom is 0.124 e. The molecule has 0 amide bonds. The van der Waals surface area contributed by atoms with Crippen LogP contribution in [0.15, 0.2) is 55.1 Å². The van der Waals surface area contributed by atoms with Crippen LogP contribution in [-0.4, -0.2) is 22.7 Å². The van der Waals surface area contributed by atoms with Crippen LogP contribution in [0.1, 0.15) is 44.6 Å². The fourth-order valence-corrected chi connectivity index (χ4v) is 3.36. The van der Waals surface area contributed by atoms with Gasteiger partial charge in [-0.1, -0.05) is 56.5 Å². The minimum atomic E-state index is 0.798. The molecule has 0 radical (unpaired) electrons. The first-order valence-electron chi connectivity index (χ1n) is 10.2. The number of ether oxygens (including phenoxy) is 1. The Morgan fingerprint density at radius 3 is 2.81 bits per heavy atom. The van der Waals surface area contributed by atoms with Gasteiger partial charge in [-0.25, -0.2) is 4.98 Å². The Morgan fingerprint density at radius 1 is 1.04 bits per heavy atom. The zero-order valence-electron chi connectivity index (χ0n) is 16.4. The summed E-state index contributed by atoms with van der Waals surface area (Å²) in [4.78, 5) is 4.09. The largest absolute Gasteiger partial charge is 0.493 e. The molecule has 0 aliphatic carbocycles. The summed E-state index contributed by atoms with van der Waals surface area (Å²) in [6.07, 6.45) is 11.7. The van der Waals surface area contributed by atoms with Crippen molar-refractivity contribution in [2.45, 2.75) is 52.1 Å². The minimum Gasteiger partial charge on any atom is -0.493 e. The van der Waals surface area contributed by atoms with Crippen molar-refractivity contribution in [3.8, 4) is 5.75 Å². The molecule has 1 N–H and O–H groups in total. The maximum atomic E-state index is 6.16. The number of benzene rings is 2. The van der Waals surface area contributed by atoms with E-state index in [0.717, 1.165) is 44.8 Å². The Kier molecular flexibility index (Phi) is 7.72. The lowest BCUT2D eigenvalue weighted by molar-refractivity contribution is 0.302. The molecule has 0 spiro atoms. The molecule has 144 valence electrons. The number of hydrogen-bond acceptors (Lipinski definition) is 3. The lowest BCUT2D eigenvalue weighted by Gasteiger charge is -2.15. The molecule has 0 aliphatic rings. The Hall–Kier alpha value is -2.33. The van der Waals surface area contributed by atoms with Gasteiger partial charge in [0, 0.05) is 31.0 Å². The van der Waals surface area contributed by atoms with Crippen LogP contribution in [0, 0.1) is 0 Å². The normalized spacial score (nSPS) is 11.1. The third kappa shape index (κ3) is 5.83. The van der Waals surface area contributed by atoms with Crippen LogP contribution in [0.25, 0.3) is 10.8 Å². The molecule has 0 saturated carbocycles. The molecule has 0 bridgehead atoms. The smallest absolute Gasteiger partial charge is 0.124 e. The number of fused-ring (bicyclic) bond motifs is 1. The van der Waals surface area contributed by atoms with Crippen LogP contribution in [-0.2, 0) is 13.1 Å². The molecular weight excluding hydrogens is 334 g/mol. The highest BCUT2D eigenvalue weighted by Crippen LogP contribution is 2.28. The van der Waals surface area contributed by atoms with Crippen molar-refractivity contribution in [1.29, 1.82) is 0 Å². The molecule has 4 nitrogen and oxygen atoms in total. The topological polar surface area (TPSA) is 39.1 Å². The van der Waals surface area contributed by atoms with Gasteiger partial charge in [-0.3, -0.25) is 0 Å². The molecule has 0 fully saturated rings. The Labute approximate surface area is 162 Å². The zero-order valence-corrected chi connectivity index (χ0v) is 16.4. The second-order valence-corrected chi connectivity index (χ2v) is 7.00. The average Bonchev–Trinajstić information content (AvgIpc) is 3.22. The first kappa shape index (κ1) is 19.4. The van der Waals surface area contributed by atoms with E-state index in [1.54, 1.807) is 0 Å². The van der Waals surface area contributed by atoms with Crippen molar-refractivity contribution < 1.29 is 4.74 Å². The van der Waals surface area contributed by atoms with Crippen LogP contribution in [0.3, 0.4) is 0 Å². The van der Waals surface area contributed by atoms with E-state index in [-0.39, 0.29) is 0 Å². The number of aromatic nitrogens is 2. The van der Waals surface area contributed by atoms with E-state index in [1.807, 2.05) is 18.7 Å². The maximum absolute atomic E-state index is 6.16. The molecule has 27 heavy (non-hydrogen) atoms. The molecule has 0 atom stereocenters. The minimum absolute atomic E-state index is 0.798. The van der Waals surface area contributed by atoms with Crippen LogP contribution in [0.2, 0.25) is 0 Å². The lowest BCUT2D eigenvalue weighted by atomic mass is 10.0. The van der Waals surface area contributed by atoms with Gasteiger partial charge in [0.25, 0.3) is 0 Å². The van der Waals surface area contributed by atoms with E-state index < -0.39 is 0 Å². The Morgan fingerprint density at radius 2 is 1.96 bits per heavy atom. The number of unbranched alkanes of at least 4 members (excludes halogenated alkanes) is 3. The predicted octanol–water partition coefficient (Wildman–Crippen LogP) is 5.18.